The number of nitrogens with zero attached hydrogens (tertiary/aromatic N) is 4. The maximum absolute atomic E-state index is 12.4. The van der Waals surface area contributed by atoms with Crippen molar-refractivity contribution in [3.63, 3.8) is 0 Å². The van der Waals surface area contributed by atoms with E-state index in [0.29, 0.717) is 18.8 Å². The smallest absolute Gasteiger partial charge is 0.289 e. The summed E-state index contributed by atoms with van der Waals surface area (Å²) in [5.41, 5.74) is 0. The lowest BCUT2D eigenvalue weighted by Crippen LogP contribution is -2.53. The second-order valence-corrected chi connectivity index (χ2v) is 7.87. The molecule has 1 aromatic heterocycles. The second-order valence-electron chi connectivity index (χ2n) is 7.87. The lowest BCUT2D eigenvalue weighted by molar-refractivity contribution is 0.0657. The van der Waals surface area contributed by atoms with Crippen LogP contribution >= 0.6 is 0 Å². The molecule has 0 atom stereocenters. The van der Waals surface area contributed by atoms with Crippen molar-refractivity contribution in [2.24, 2.45) is 10.9 Å². The van der Waals surface area contributed by atoms with E-state index in [1.165, 1.54) is 25.9 Å². The number of hydrogen-bond donors (Lipinski definition) is 1. The SMILES string of the molecule is CCNC(=NCCCN1CCC(C)CC1)N1CCN(C(=O)c2ccco2)CC1. The van der Waals surface area contributed by atoms with E-state index in [0.717, 1.165) is 51.0 Å². The lowest BCUT2D eigenvalue weighted by Gasteiger charge is -2.36. The molecule has 0 aliphatic carbocycles. The molecule has 0 spiro atoms. The van der Waals surface area contributed by atoms with Crippen molar-refractivity contribution in [2.75, 3.05) is 58.9 Å². The zero-order chi connectivity index (χ0) is 19.8. The van der Waals surface area contributed by atoms with Crippen LogP contribution in [-0.2, 0) is 0 Å². The van der Waals surface area contributed by atoms with E-state index in [9.17, 15) is 4.79 Å². The summed E-state index contributed by atoms with van der Waals surface area (Å²) in [6, 6.07) is 3.48. The maximum atomic E-state index is 12.4. The summed E-state index contributed by atoms with van der Waals surface area (Å²) >= 11 is 0. The van der Waals surface area contributed by atoms with E-state index in [4.69, 9.17) is 9.41 Å². The summed E-state index contributed by atoms with van der Waals surface area (Å²) in [5, 5.41) is 3.41. The molecule has 7 nitrogen and oxygen atoms in total. The van der Waals surface area contributed by atoms with Gasteiger partial charge in [-0.05, 0) is 63.9 Å². The van der Waals surface area contributed by atoms with Gasteiger partial charge in [0.1, 0.15) is 0 Å². The maximum Gasteiger partial charge on any atom is 0.289 e. The van der Waals surface area contributed by atoms with E-state index in [2.05, 4.69) is 29.0 Å². The molecule has 2 aliphatic rings. The molecule has 0 bridgehead atoms. The number of piperazine rings is 1. The predicted molar refractivity (Wildman–Crippen MR) is 112 cm³/mol. The van der Waals surface area contributed by atoms with Crippen LogP contribution in [0.25, 0.3) is 0 Å². The van der Waals surface area contributed by atoms with Gasteiger partial charge in [-0.15, -0.1) is 0 Å². The molecule has 3 rings (SSSR count). The van der Waals surface area contributed by atoms with Crippen LogP contribution in [0.3, 0.4) is 0 Å². The Hall–Kier alpha value is -2.02. The monoisotopic (exact) mass is 389 g/mol. The van der Waals surface area contributed by atoms with Crippen molar-refractivity contribution < 1.29 is 9.21 Å². The first-order valence-electron chi connectivity index (χ1n) is 10.8. The first kappa shape index (κ1) is 20.7. The van der Waals surface area contributed by atoms with Gasteiger partial charge in [-0.1, -0.05) is 6.92 Å². The highest BCUT2D eigenvalue weighted by atomic mass is 16.3. The molecule has 0 aromatic carbocycles. The molecule has 1 amide bonds. The van der Waals surface area contributed by atoms with Crippen LogP contribution < -0.4 is 5.32 Å². The predicted octanol–water partition coefficient (Wildman–Crippen LogP) is 2.12. The third kappa shape index (κ3) is 5.74. The van der Waals surface area contributed by atoms with Crippen molar-refractivity contribution in [3.8, 4) is 0 Å². The fourth-order valence-corrected chi connectivity index (χ4v) is 3.87. The number of guanidine groups is 1. The highest BCUT2D eigenvalue weighted by molar-refractivity contribution is 5.91. The molecule has 28 heavy (non-hydrogen) atoms. The second kappa shape index (κ2) is 10.5. The molecular formula is C21H35N5O2. The lowest BCUT2D eigenvalue weighted by atomic mass is 9.99. The van der Waals surface area contributed by atoms with Crippen LogP contribution in [0, 0.1) is 5.92 Å². The Morgan fingerprint density at radius 3 is 2.54 bits per heavy atom. The Labute approximate surface area is 168 Å². The molecule has 2 saturated heterocycles. The third-order valence-corrected chi connectivity index (χ3v) is 5.70. The van der Waals surface area contributed by atoms with Gasteiger partial charge >= 0.3 is 0 Å². The van der Waals surface area contributed by atoms with Crippen molar-refractivity contribution >= 4 is 11.9 Å². The van der Waals surface area contributed by atoms with E-state index in [1.54, 1.807) is 18.4 Å². The van der Waals surface area contributed by atoms with Gasteiger partial charge in [0, 0.05) is 39.3 Å². The number of rotatable bonds is 6. The first-order chi connectivity index (χ1) is 13.7. The van der Waals surface area contributed by atoms with E-state index in [1.807, 2.05) is 4.90 Å². The zero-order valence-corrected chi connectivity index (χ0v) is 17.4. The van der Waals surface area contributed by atoms with Crippen molar-refractivity contribution in [1.29, 1.82) is 0 Å². The number of nitrogens with one attached hydrogen (secondary N) is 1. The molecule has 2 fully saturated rings. The van der Waals surface area contributed by atoms with Gasteiger partial charge < -0.3 is 24.4 Å². The molecule has 1 N–H and O–H groups in total. The first-order valence-corrected chi connectivity index (χ1v) is 10.8. The minimum Gasteiger partial charge on any atom is -0.459 e. The molecule has 0 radical (unpaired) electrons. The standard InChI is InChI=1S/C21H35N5O2/c1-3-22-21(23-9-5-10-24-11-7-18(2)8-12-24)26-15-13-25(14-16-26)20(27)19-6-4-17-28-19/h4,6,17-18H,3,5,7-16H2,1-2H3,(H,22,23). The normalized spacial score (nSPS) is 19.9. The number of aliphatic imine (C=N–C) groups is 1. The van der Waals surface area contributed by atoms with Gasteiger partial charge in [0.25, 0.3) is 5.91 Å². The minimum absolute atomic E-state index is 0.0255. The van der Waals surface area contributed by atoms with Gasteiger partial charge in [-0.25, -0.2) is 0 Å². The van der Waals surface area contributed by atoms with E-state index >= 15 is 0 Å². The molecular weight excluding hydrogens is 354 g/mol. The van der Waals surface area contributed by atoms with Crippen LogP contribution in [0.15, 0.2) is 27.8 Å². The molecule has 0 saturated carbocycles. The summed E-state index contributed by atoms with van der Waals surface area (Å²) in [5.74, 6) is 2.25. The summed E-state index contributed by atoms with van der Waals surface area (Å²) in [4.78, 5) is 23.9. The molecule has 0 unspecified atom stereocenters. The number of likely N-dealkylation sites (tertiary alicyclic amines) is 1. The van der Waals surface area contributed by atoms with E-state index in [-0.39, 0.29) is 5.91 Å². The average molecular weight is 390 g/mol. The van der Waals surface area contributed by atoms with Crippen LogP contribution in [-0.4, -0.2) is 85.5 Å². The largest absolute Gasteiger partial charge is 0.459 e. The zero-order valence-electron chi connectivity index (χ0n) is 17.4. The number of hydrogen-bond acceptors (Lipinski definition) is 4. The van der Waals surface area contributed by atoms with Gasteiger partial charge in [0.15, 0.2) is 11.7 Å². The van der Waals surface area contributed by atoms with Gasteiger partial charge in [0.2, 0.25) is 0 Å². The minimum atomic E-state index is -0.0255. The Morgan fingerprint density at radius 1 is 1.18 bits per heavy atom. The van der Waals surface area contributed by atoms with Gasteiger partial charge in [-0.3, -0.25) is 9.79 Å². The van der Waals surface area contributed by atoms with Crippen LogP contribution in [0.4, 0.5) is 0 Å². The Kier molecular flexibility index (Phi) is 7.77. The number of carbonyl (C=O) groups is 1. The number of amides is 1. The van der Waals surface area contributed by atoms with Crippen LogP contribution in [0.1, 0.15) is 43.7 Å². The summed E-state index contributed by atoms with van der Waals surface area (Å²) in [7, 11) is 0. The number of furan rings is 1. The Morgan fingerprint density at radius 2 is 1.89 bits per heavy atom. The summed E-state index contributed by atoms with van der Waals surface area (Å²) in [6.07, 6.45) is 5.30. The topological polar surface area (TPSA) is 64.3 Å². The highest BCUT2D eigenvalue weighted by Gasteiger charge is 2.25. The van der Waals surface area contributed by atoms with Gasteiger partial charge in [0.05, 0.1) is 6.26 Å². The molecule has 7 heteroatoms. The van der Waals surface area contributed by atoms with Gasteiger partial charge in [-0.2, -0.15) is 0 Å². The fraction of sp³-hybridized carbons (Fsp3) is 0.714. The number of carbonyl (C=O) groups excluding carboxylic acids is 1. The molecule has 156 valence electrons. The molecule has 1 aromatic rings. The fourth-order valence-electron chi connectivity index (χ4n) is 3.87. The third-order valence-electron chi connectivity index (χ3n) is 5.70. The number of piperidine rings is 1. The van der Waals surface area contributed by atoms with Crippen LogP contribution in [0.2, 0.25) is 0 Å². The van der Waals surface area contributed by atoms with Crippen LogP contribution in [0.5, 0.6) is 0 Å². The average Bonchev–Trinajstić information content (AvgIpc) is 3.26. The molecule has 3 heterocycles. The van der Waals surface area contributed by atoms with Crippen molar-refractivity contribution in [1.82, 2.24) is 20.0 Å². The quantitative estimate of drug-likeness (QED) is 0.459. The summed E-state index contributed by atoms with van der Waals surface area (Å²) in [6.45, 7) is 12.7. The molecule has 2 aliphatic heterocycles. The Balaban J connectivity index is 1.43. The Bertz CT molecular complexity index is 615. The van der Waals surface area contributed by atoms with E-state index < -0.39 is 0 Å². The van der Waals surface area contributed by atoms with Crippen molar-refractivity contribution in [3.05, 3.63) is 24.2 Å². The summed E-state index contributed by atoms with van der Waals surface area (Å²) < 4.78 is 5.24. The highest BCUT2D eigenvalue weighted by Crippen LogP contribution is 2.16. The van der Waals surface area contributed by atoms with Crippen molar-refractivity contribution in [2.45, 2.75) is 33.1 Å².